The average molecular weight is 438 g/mol. The molecule has 2 heterocycles. The first kappa shape index (κ1) is 20.4. The van der Waals surface area contributed by atoms with E-state index < -0.39 is 6.29 Å². The number of likely N-dealkylation sites (tertiary alicyclic amines) is 1. The Morgan fingerprint density at radius 2 is 1.93 bits per heavy atom. The zero-order valence-corrected chi connectivity index (χ0v) is 17.2. The van der Waals surface area contributed by atoms with Crippen molar-refractivity contribution in [2.75, 3.05) is 26.3 Å². The first-order chi connectivity index (χ1) is 13.2. The van der Waals surface area contributed by atoms with Gasteiger partial charge in [-0.3, -0.25) is 4.79 Å². The summed E-state index contributed by atoms with van der Waals surface area (Å²) in [4.78, 5) is 14.8. The van der Waals surface area contributed by atoms with Crippen LogP contribution in [0.15, 0.2) is 40.6 Å². The maximum atomic E-state index is 12.9. The number of aliphatic hydroxyl groups is 1. The van der Waals surface area contributed by atoms with Crippen molar-refractivity contribution >= 4 is 21.8 Å². The number of allylic oxidation sites excluding steroid dienone is 1. The van der Waals surface area contributed by atoms with Crippen LogP contribution < -0.4 is 0 Å². The first-order valence-corrected chi connectivity index (χ1v) is 10.6. The molecule has 1 N–H and O–H groups in total. The number of benzene rings is 1. The molecule has 1 aromatic carbocycles. The van der Waals surface area contributed by atoms with Crippen LogP contribution in [0, 0.1) is 0 Å². The number of ether oxygens (including phenoxy) is 2. The summed E-state index contributed by atoms with van der Waals surface area (Å²) < 4.78 is 12.8. The van der Waals surface area contributed by atoms with Gasteiger partial charge in [-0.25, -0.2) is 0 Å². The van der Waals surface area contributed by atoms with Gasteiger partial charge in [-0.1, -0.05) is 28.1 Å². The number of aliphatic hydroxyl groups excluding tert-OH is 1. The number of unbranched alkanes of at least 4 members (excludes halogenated alkanes) is 1. The van der Waals surface area contributed by atoms with Crippen molar-refractivity contribution in [2.45, 2.75) is 50.7 Å². The summed E-state index contributed by atoms with van der Waals surface area (Å²) in [6.07, 6.45) is 6.96. The quantitative estimate of drug-likeness (QED) is 0.655. The fourth-order valence-corrected chi connectivity index (χ4v) is 3.80. The zero-order chi connectivity index (χ0) is 19.1. The van der Waals surface area contributed by atoms with Crippen molar-refractivity contribution in [1.29, 1.82) is 0 Å². The SMILES string of the molecule is O=C(C1=C[C@H](c2ccc(Br)cc2)C[C@H](OCCCCO)O1)N1CCCCC1. The van der Waals surface area contributed by atoms with Crippen LogP contribution >= 0.6 is 15.9 Å². The molecule has 0 aliphatic carbocycles. The number of carbonyl (C=O) groups excluding carboxylic acids is 1. The minimum Gasteiger partial charge on any atom is -0.459 e. The van der Waals surface area contributed by atoms with Gasteiger partial charge < -0.3 is 19.5 Å². The summed E-state index contributed by atoms with van der Waals surface area (Å²) in [6, 6.07) is 8.18. The van der Waals surface area contributed by atoms with Crippen LogP contribution in [0.1, 0.15) is 50.0 Å². The second kappa shape index (κ2) is 10.2. The predicted octanol–water partition coefficient (Wildman–Crippen LogP) is 3.96. The summed E-state index contributed by atoms with van der Waals surface area (Å²) >= 11 is 3.47. The van der Waals surface area contributed by atoms with E-state index in [0.29, 0.717) is 25.2 Å². The molecule has 0 saturated carbocycles. The zero-order valence-electron chi connectivity index (χ0n) is 15.6. The van der Waals surface area contributed by atoms with Crippen LogP contribution in [0.3, 0.4) is 0 Å². The third-order valence-electron chi connectivity index (χ3n) is 5.07. The number of amides is 1. The lowest BCUT2D eigenvalue weighted by Gasteiger charge is -2.33. The van der Waals surface area contributed by atoms with E-state index in [1.165, 1.54) is 6.42 Å². The van der Waals surface area contributed by atoms with E-state index in [1.54, 1.807) is 0 Å². The largest absolute Gasteiger partial charge is 0.459 e. The number of piperidine rings is 1. The number of nitrogens with zero attached hydrogens (tertiary/aromatic N) is 1. The molecule has 2 atom stereocenters. The molecular weight excluding hydrogens is 410 g/mol. The molecule has 2 aliphatic rings. The lowest BCUT2D eigenvalue weighted by molar-refractivity contribution is -0.153. The highest BCUT2D eigenvalue weighted by molar-refractivity contribution is 9.10. The van der Waals surface area contributed by atoms with Crippen LogP contribution in [-0.4, -0.2) is 48.5 Å². The molecule has 1 aromatic rings. The molecule has 1 fully saturated rings. The van der Waals surface area contributed by atoms with Gasteiger partial charge in [0, 0.05) is 36.5 Å². The summed E-state index contributed by atoms with van der Waals surface area (Å²) in [7, 11) is 0. The molecule has 3 rings (SSSR count). The van der Waals surface area contributed by atoms with Crippen LogP contribution in [-0.2, 0) is 14.3 Å². The molecule has 0 aromatic heterocycles. The van der Waals surface area contributed by atoms with E-state index >= 15 is 0 Å². The van der Waals surface area contributed by atoms with Gasteiger partial charge in [-0.05, 0) is 55.9 Å². The third kappa shape index (κ3) is 5.80. The minimum atomic E-state index is -0.439. The van der Waals surface area contributed by atoms with Gasteiger partial charge >= 0.3 is 0 Å². The molecule has 0 spiro atoms. The summed E-state index contributed by atoms with van der Waals surface area (Å²) in [5.74, 6) is 0.460. The van der Waals surface area contributed by atoms with Gasteiger partial charge in [0.15, 0.2) is 5.76 Å². The molecular formula is C21H28BrNO4. The summed E-state index contributed by atoms with van der Waals surface area (Å²) in [6.45, 7) is 2.27. The lowest BCUT2D eigenvalue weighted by atomic mass is 9.93. The summed E-state index contributed by atoms with van der Waals surface area (Å²) in [5, 5.41) is 8.93. The lowest BCUT2D eigenvalue weighted by Crippen LogP contribution is -2.39. The molecule has 148 valence electrons. The van der Waals surface area contributed by atoms with Gasteiger partial charge in [-0.2, -0.15) is 0 Å². The molecule has 1 saturated heterocycles. The van der Waals surface area contributed by atoms with Crippen molar-refractivity contribution < 1.29 is 19.4 Å². The second-order valence-corrected chi connectivity index (χ2v) is 8.04. The molecule has 6 heteroatoms. The van der Waals surface area contributed by atoms with Crippen molar-refractivity contribution in [3.8, 4) is 0 Å². The van der Waals surface area contributed by atoms with E-state index in [4.69, 9.17) is 14.6 Å². The molecule has 0 unspecified atom stereocenters. The van der Waals surface area contributed by atoms with Gasteiger partial charge in [0.2, 0.25) is 6.29 Å². The highest BCUT2D eigenvalue weighted by Crippen LogP contribution is 2.33. The van der Waals surface area contributed by atoms with Gasteiger partial charge in [0.25, 0.3) is 5.91 Å². The van der Waals surface area contributed by atoms with E-state index in [2.05, 4.69) is 28.1 Å². The smallest absolute Gasteiger partial charge is 0.288 e. The van der Waals surface area contributed by atoms with E-state index in [9.17, 15) is 4.79 Å². The Bertz CT molecular complexity index is 640. The fraction of sp³-hybridized carbons (Fsp3) is 0.571. The van der Waals surface area contributed by atoms with Gasteiger partial charge in [0.1, 0.15) is 0 Å². The van der Waals surface area contributed by atoms with Crippen LogP contribution in [0.2, 0.25) is 0 Å². The normalized spacial score (nSPS) is 22.9. The van der Waals surface area contributed by atoms with E-state index in [1.807, 2.05) is 23.1 Å². The van der Waals surface area contributed by atoms with E-state index in [-0.39, 0.29) is 18.4 Å². The van der Waals surface area contributed by atoms with Gasteiger partial charge in [-0.15, -0.1) is 0 Å². The predicted molar refractivity (Wildman–Crippen MR) is 107 cm³/mol. The molecule has 27 heavy (non-hydrogen) atoms. The highest BCUT2D eigenvalue weighted by Gasteiger charge is 2.31. The number of hydrogen-bond acceptors (Lipinski definition) is 4. The Hall–Kier alpha value is -1.37. The van der Waals surface area contributed by atoms with Crippen molar-refractivity contribution in [2.24, 2.45) is 0 Å². The topological polar surface area (TPSA) is 59.0 Å². The first-order valence-electron chi connectivity index (χ1n) is 9.83. The number of hydrogen-bond donors (Lipinski definition) is 1. The Balaban J connectivity index is 1.73. The fourth-order valence-electron chi connectivity index (χ4n) is 3.53. The molecule has 2 aliphatic heterocycles. The molecule has 0 radical (unpaired) electrons. The maximum Gasteiger partial charge on any atom is 0.288 e. The molecule has 0 bridgehead atoms. The number of carbonyl (C=O) groups is 1. The van der Waals surface area contributed by atoms with Crippen molar-refractivity contribution in [1.82, 2.24) is 4.90 Å². The van der Waals surface area contributed by atoms with Gasteiger partial charge in [0.05, 0.1) is 6.61 Å². The van der Waals surface area contributed by atoms with Crippen LogP contribution in [0.5, 0.6) is 0 Å². The summed E-state index contributed by atoms with van der Waals surface area (Å²) in [5.41, 5.74) is 1.15. The standard InChI is InChI=1S/C21H28BrNO4/c22-18-8-6-16(7-9-18)17-14-19(21(25)23-10-2-1-3-11-23)27-20(15-17)26-13-5-4-12-24/h6-9,14,17,20,24H,1-5,10-13,15H2/t17-,20+/m0/s1. The Kier molecular flexibility index (Phi) is 7.73. The highest BCUT2D eigenvalue weighted by atomic mass is 79.9. The number of halogens is 1. The van der Waals surface area contributed by atoms with Crippen molar-refractivity contribution in [3.05, 3.63) is 46.1 Å². The third-order valence-corrected chi connectivity index (χ3v) is 5.59. The maximum absolute atomic E-state index is 12.9. The Morgan fingerprint density at radius 3 is 2.63 bits per heavy atom. The molecule has 1 amide bonds. The number of rotatable bonds is 7. The Labute approximate surface area is 169 Å². The van der Waals surface area contributed by atoms with E-state index in [0.717, 1.165) is 42.4 Å². The Morgan fingerprint density at radius 1 is 1.19 bits per heavy atom. The second-order valence-electron chi connectivity index (χ2n) is 7.13. The molecule has 5 nitrogen and oxygen atoms in total. The van der Waals surface area contributed by atoms with Crippen LogP contribution in [0.25, 0.3) is 0 Å². The average Bonchev–Trinajstić information content (AvgIpc) is 2.71. The van der Waals surface area contributed by atoms with Crippen molar-refractivity contribution in [3.63, 3.8) is 0 Å². The minimum absolute atomic E-state index is 0.0273. The van der Waals surface area contributed by atoms with Crippen LogP contribution in [0.4, 0.5) is 0 Å². The monoisotopic (exact) mass is 437 g/mol.